The van der Waals surface area contributed by atoms with Crippen molar-refractivity contribution in [1.29, 1.82) is 0 Å². The van der Waals surface area contributed by atoms with Crippen LogP contribution >= 0.6 is 11.8 Å². The van der Waals surface area contributed by atoms with E-state index in [-0.39, 0.29) is 18.9 Å². The Balaban J connectivity index is 1.35. The fourth-order valence-corrected chi connectivity index (χ4v) is 3.90. The molecule has 0 unspecified atom stereocenters. The highest BCUT2D eigenvalue weighted by Gasteiger charge is 2.26. The Bertz CT molecular complexity index is 1050. The number of carbonyl (C=O) groups is 1. The maximum Gasteiger partial charge on any atom is 0.328 e. The van der Waals surface area contributed by atoms with Gasteiger partial charge in [0.15, 0.2) is 5.17 Å². The highest BCUT2D eigenvalue weighted by molar-refractivity contribution is 8.16. The Hall–Kier alpha value is -3.07. The summed E-state index contributed by atoms with van der Waals surface area (Å²) in [4.78, 5) is 43.6. The molecule has 2 aliphatic rings. The lowest BCUT2D eigenvalue weighted by atomic mass is 10.1. The molecular weight excluding hydrogens is 366 g/mol. The van der Waals surface area contributed by atoms with Gasteiger partial charge in [0.25, 0.3) is 5.56 Å². The van der Waals surface area contributed by atoms with E-state index in [9.17, 15) is 14.4 Å². The number of aromatic amines is 1. The number of hydrogen-bond donors (Lipinski definition) is 2. The molecule has 2 aromatic rings. The van der Waals surface area contributed by atoms with Crippen LogP contribution in [0, 0.1) is 0 Å². The normalized spacial score (nSPS) is 15.3. The minimum absolute atomic E-state index is 0.128. The summed E-state index contributed by atoms with van der Waals surface area (Å²) < 4.78 is 1.30. The van der Waals surface area contributed by atoms with Crippen molar-refractivity contribution in [2.45, 2.75) is 13.0 Å². The number of fused-ring (bicyclic) bond motifs is 1. The van der Waals surface area contributed by atoms with Gasteiger partial charge < -0.3 is 14.8 Å². The number of nitrogens with one attached hydrogen (secondary N) is 2. The molecule has 8 nitrogen and oxygen atoms in total. The third kappa shape index (κ3) is 3.72. The van der Waals surface area contributed by atoms with E-state index in [0.717, 1.165) is 29.5 Å². The second-order valence-electron chi connectivity index (χ2n) is 6.12. The topological polar surface area (TPSA) is 99.6 Å². The van der Waals surface area contributed by atoms with Crippen molar-refractivity contribution in [3.05, 3.63) is 68.3 Å². The van der Waals surface area contributed by atoms with Crippen molar-refractivity contribution in [1.82, 2.24) is 14.5 Å². The zero-order chi connectivity index (χ0) is 18.8. The van der Waals surface area contributed by atoms with Gasteiger partial charge in [-0.05, 0) is 17.7 Å². The summed E-state index contributed by atoms with van der Waals surface area (Å²) in [5.74, 6) is -0.203. The summed E-state index contributed by atoms with van der Waals surface area (Å²) in [5, 5.41) is 5.95. The first-order valence-electron chi connectivity index (χ1n) is 8.49. The third-order valence-corrected chi connectivity index (χ3v) is 5.21. The van der Waals surface area contributed by atoms with Gasteiger partial charge in [-0.1, -0.05) is 23.9 Å². The second-order valence-corrected chi connectivity index (χ2v) is 6.95. The lowest BCUT2D eigenvalue weighted by Crippen LogP contribution is -2.29. The number of nitrogens with zero attached hydrogens (tertiary/aromatic N) is 3. The predicted octanol–water partition coefficient (Wildman–Crippen LogP) is 1.28. The van der Waals surface area contributed by atoms with Crippen LogP contribution in [0.1, 0.15) is 12.0 Å². The molecule has 1 amide bonds. The number of aliphatic imine (C=N–C) groups is 1. The smallest absolute Gasteiger partial charge is 0.326 e. The molecule has 1 aromatic carbocycles. The number of H-pyrrole nitrogens is 1. The monoisotopic (exact) mass is 383 g/mol. The summed E-state index contributed by atoms with van der Waals surface area (Å²) in [5.41, 5.74) is 1.93. The van der Waals surface area contributed by atoms with Crippen LogP contribution in [0.2, 0.25) is 0 Å². The lowest BCUT2D eigenvalue weighted by Gasteiger charge is -2.16. The number of benzene rings is 1. The largest absolute Gasteiger partial charge is 0.328 e. The van der Waals surface area contributed by atoms with E-state index in [1.807, 2.05) is 24.3 Å². The molecule has 0 aliphatic carbocycles. The van der Waals surface area contributed by atoms with E-state index in [1.54, 1.807) is 11.8 Å². The number of amides is 1. The van der Waals surface area contributed by atoms with Crippen molar-refractivity contribution in [2.75, 3.05) is 18.4 Å². The molecule has 27 heavy (non-hydrogen) atoms. The number of rotatable bonds is 5. The van der Waals surface area contributed by atoms with Gasteiger partial charge >= 0.3 is 5.69 Å². The van der Waals surface area contributed by atoms with Crippen LogP contribution in [-0.4, -0.2) is 38.6 Å². The SMILES string of the molecule is O=C(CCn1ccc(=O)[nH]c1=O)Nc1ccc(C2=CSC3=NCCN23)cc1. The van der Waals surface area contributed by atoms with E-state index in [4.69, 9.17) is 0 Å². The minimum Gasteiger partial charge on any atom is -0.326 e. The van der Waals surface area contributed by atoms with Gasteiger partial charge in [0.2, 0.25) is 5.91 Å². The van der Waals surface area contributed by atoms with Crippen molar-refractivity contribution in [3.63, 3.8) is 0 Å². The first kappa shape index (κ1) is 17.3. The Labute approximate surface area is 158 Å². The molecule has 3 heterocycles. The zero-order valence-corrected chi connectivity index (χ0v) is 15.2. The molecule has 0 radical (unpaired) electrons. The van der Waals surface area contributed by atoms with Gasteiger partial charge in [0.1, 0.15) is 0 Å². The van der Waals surface area contributed by atoms with E-state index in [2.05, 4.69) is 25.6 Å². The third-order valence-electron chi connectivity index (χ3n) is 4.31. The van der Waals surface area contributed by atoms with Gasteiger partial charge in [0.05, 0.1) is 12.2 Å². The number of aryl methyl sites for hydroxylation is 1. The van der Waals surface area contributed by atoms with E-state index in [1.165, 1.54) is 16.8 Å². The summed E-state index contributed by atoms with van der Waals surface area (Å²) in [6.45, 7) is 1.92. The van der Waals surface area contributed by atoms with Crippen molar-refractivity contribution in [3.8, 4) is 0 Å². The van der Waals surface area contributed by atoms with Crippen molar-refractivity contribution >= 4 is 34.2 Å². The Morgan fingerprint density at radius 2 is 2.04 bits per heavy atom. The number of anilines is 1. The van der Waals surface area contributed by atoms with Gasteiger partial charge in [-0.2, -0.15) is 0 Å². The molecule has 0 fully saturated rings. The fraction of sp³-hybridized carbons (Fsp3) is 0.222. The van der Waals surface area contributed by atoms with Gasteiger partial charge in [-0.25, -0.2) is 4.79 Å². The van der Waals surface area contributed by atoms with Gasteiger partial charge in [-0.15, -0.1) is 0 Å². The van der Waals surface area contributed by atoms with E-state index in [0.29, 0.717) is 5.69 Å². The molecule has 4 rings (SSSR count). The van der Waals surface area contributed by atoms with Gasteiger partial charge in [-0.3, -0.25) is 19.6 Å². The van der Waals surface area contributed by atoms with Crippen molar-refractivity contribution in [2.24, 2.45) is 4.99 Å². The first-order valence-corrected chi connectivity index (χ1v) is 9.37. The maximum atomic E-state index is 12.1. The number of amidine groups is 1. The highest BCUT2D eigenvalue weighted by atomic mass is 32.2. The van der Waals surface area contributed by atoms with Crippen LogP contribution in [0.3, 0.4) is 0 Å². The minimum atomic E-state index is -0.521. The number of aromatic nitrogens is 2. The van der Waals surface area contributed by atoms with E-state index < -0.39 is 11.2 Å². The summed E-state index contributed by atoms with van der Waals surface area (Å²) >= 11 is 1.63. The predicted molar refractivity (Wildman–Crippen MR) is 106 cm³/mol. The maximum absolute atomic E-state index is 12.1. The average molecular weight is 383 g/mol. The molecule has 0 spiro atoms. The quantitative estimate of drug-likeness (QED) is 0.810. The average Bonchev–Trinajstić information content (AvgIpc) is 3.25. The van der Waals surface area contributed by atoms with Gasteiger partial charge in [0, 0.05) is 42.9 Å². The van der Waals surface area contributed by atoms with Crippen LogP contribution in [0.15, 0.2) is 56.5 Å². The summed E-state index contributed by atoms with van der Waals surface area (Å²) in [7, 11) is 0. The Kier molecular flexibility index (Phi) is 4.68. The van der Waals surface area contributed by atoms with Crippen LogP contribution in [0.5, 0.6) is 0 Å². The molecular formula is C18H17N5O3S. The lowest BCUT2D eigenvalue weighted by molar-refractivity contribution is -0.116. The first-order chi connectivity index (χ1) is 13.1. The molecule has 0 saturated carbocycles. The molecule has 0 saturated heterocycles. The molecule has 2 aliphatic heterocycles. The Morgan fingerprint density at radius 3 is 2.81 bits per heavy atom. The van der Waals surface area contributed by atoms with Crippen LogP contribution in [0.4, 0.5) is 5.69 Å². The standard InChI is InChI=1S/C18H17N5O3S/c24-15(5-8-22-9-6-16(25)21-17(22)26)20-13-3-1-12(2-4-13)14-11-27-18-19-7-10-23(14)18/h1-4,6,9,11H,5,7-8,10H2,(H,20,24)(H,21,25,26). The fourth-order valence-electron chi connectivity index (χ4n) is 2.94. The molecule has 0 bridgehead atoms. The molecule has 138 valence electrons. The van der Waals surface area contributed by atoms with Crippen molar-refractivity contribution < 1.29 is 4.79 Å². The second kappa shape index (κ2) is 7.28. The van der Waals surface area contributed by atoms with Crippen LogP contribution in [-0.2, 0) is 11.3 Å². The summed E-state index contributed by atoms with van der Waals surface area (Å²) in [6.07, 6.45) is 1.51. The molecule has 2 N–H and O–H groups in total. The Morgan fingerprint density at radius 1 is 1.22 bits per heavy atom. The number of hydrogen-bond acceptors (Lipinski definition) is 6. The summed E-state index contributed by atoms with van der Waals surface area (Å²) in [6, 6.07) is 8.90. The zero-order valence-electron chi connectivity index (χ0n) is 14.3. The van der Waals surface area contributed by atoms with E-state index >= 15 is 0 Å². The molecule has 1 aromatic heterocycles. The number of thioether (sulfide) groups is 1. The molecule has 0 atom stereocenters. The van der Waals surface area contributed by atoms with Crippen LogP contribution in [0.25, 0.3) is 5.70 Å². The van der Waals surface area contributed by atoms with Crippen LogP contribution < -0.4 is 16.6 Å². The molecule has 9 heteroatoms. The highest BCUT2D eigenvalue weighted by Crippen LogP contribution is 2.35. The number of carbonyl (C=O) groups excluding carboxylic acids is 1.